The SMILES string of the molecule is Cc1nc(CN2C(=O)C[C@H]3[C@H]2CCN3Cc2ccsc2)cs1. The number of amides is 1. The van der Waals surface area contributed by atoms with E-state index in [9.17, 15) is 4.79 Å². The largest absolute Gasteiger partial charge is 0.332 e. The van der Waals surface area contributed by atoms with Crippen molar-refractivity contribution in [2.75, 3.05) is 6.54 Å². The van der Waals surface area contributed by atoms with Crippen molar-refractivity contribution < 1.29 is 4.79 Å². The van der Waals surface area contributed by atoms with Gasteiger partial charge in [0.25, 0.3) is 0 Å². The molecule has 4 nitrogen and oxygen atoms in total. The first-order valence-electron chi connectivity index (χ1n) is 7.66. The molecule has 0 aliphatic carbocycles. The molecule has 4 heterocycles. The molecule has 2 aliphatic heterocycles. The number of likely N-dealkylation sites (tertiary alicyclic amines) is 2. The second-order valence-corrected chi connectivity index (χ2v) is 7.95. The van der Waals surface area contributed by atoms with Crippen molar-refractivity contribution in [3.05, 3.63) is 38.5 Å². The average molecular weight is 333 g/mol. The second kappa shape index (κ2) is 5.76. The lowest BCUT2D eigenvalue weighted by molar-refractivity contribution is -0.129. The number of fused-ring (bicyclic) bond motifs is 1. The van der Waals surface area contributed by atoms with Crippen molar-refractivity contribution in [3.8, 4) is 0 Å². The summed E-state index contributed by atoms with van der Waals surface area (Å²) in [6.07, 6.45) is 1.75. The number of thiazole rings is 1. The van der Waals surface area contributed by atoms with Gasteiger partial charge in [0.2, 0.25) is 5.91 Å². The highest BCUT2D eigenvalue weighted by Gasteiger charge is 2.46. The first kappa shape index (κ1) is 14.4. The summed E-state index contributed by atoms with van der Waals surface area (Å²) >= 11 is 3.40. The van der Waals surface area contributed by atoms with E-state index in [1.54, 1.807) is 22.7 Å². The monoisotopic (exact) mass is 333 g/mol. The number of aryl methyl sites for hydroxylation is 1. The molecular formula is C16H19N3OS2. The van der Waals surface area contributed by atoms with Gasteiger partial charge in [0.1, 0.15) is 0 Å². The van der Waals surface area contributed by atoms with Gasteiger partial charge in [-0.05, 0) is 35.7 Å². The van der Waals surface area contributed by atoms with Gasteiger partial charge in [-0.2, -0.15) is 11.3 Å². The third kappa shape index (κ3) is 2.59. The van der Waals surface area contributed by atoms with Crippen molar-refractivity contribution >= 4 is 28.6 Å². The molecule has 4 rings (SSSR count). The Hall–Kier alpha value is -1.24. The van der Waals surface area contributed by atoms with Crippen LogP contribution in [-0.2, 0) is 17.9 Å². The molecule has 0 unspecified atom stereocenters. The molecular weight excluding hydrogens is 314 g/mol. The minimum Gasteiger partial charge on any atom is -0.332 e. The van der Waals surface area contributed by atoms with Crippen LogP contribution in [0.4, 0.5) is 0 Å². The Kier molecular flexibility index (Phi) is 3.76. The van der Waals surface area contributed by atoms with Crippen LogP contribution in [0.15, 0.2) is 22.2 Å². The summed E-state index contributed by atoms with van der Waals surface area (Å²) in [6.45, 7) is 4.75. The van der Waals surface area contributed by atoms with Gasteiger partial charge in [-0.1, -0.05) is 0 Å². The maximum atomic E-state index is 12.4. The van der Waals surface area contributed by atoms with Crippen LogP contribution in [0.1, 0.15) is 29.1 Å². The molecule has 0 bridgehead atoms. The van der Waals surface area contributed by atoms with Crippen molar-refractivity contribution in [1.82, 2.24) is 14.8 Å². The summed E-state index contributed by atoms with van der Waals surface area (Å²) in [4.78, 5) is 21.5. The van der Waals surface area contributed by atoms with Crippen LogP contribution in [-0.4, -0.2) is 39.3 Å². The summed E-state index contributed by atoms with van der Waals surface area (Å²) in [5.41, 5.74) is 2.40. The van der Waals surface area contributed by atoms with Crippen molar-refractivity contribution in [3.63, 3.8) is 0 Å². The molecule has 2 fully saturated rings. The number of nitrogens with zero attached hydrogens (tertiary/aromatic N) is 3. The number of rotatable bonds is 4. The van der Waals surface area contributed by atoms with E-state index in [0.717, 1.165) is 30.2 Å². The molecule has 0 N–H and O–H groups in total. The van der Waals surface area contributed by atoms with Crippen LogP contribution in [0.25, 0.3) is 0 Å². The number of hydrogen-bond donors (Lipinski definition) is 0. The summed E-state index contributed by atoms with van der Waals surface area (Å²) in [5.74, 6) is 0.288. The summed E-state index contributed by atoms with van der Waals surface area (Å²) < 4.78 is 0. The van der Waals surface area contributed by atoms with Crippen LogP contribution < -0.4 is 0 Å². The molecule has 0 spiro atoms. The van der Waals surface area contributed by atoms with Gasteiger partial charge in [-0.3, -0.25) is 9.69 Å². The van der Waals surface area contributed by atoms with Crippen LogP contribution in [0, 0.1) is 6.92 Å². The minimum absolute atomic E-state index is 0.288. The van der Waals surface area contributed by atoms with Gasteiger partial charge in [0.15, 0.2) is 0 Å². The Labute approximate surface area is 138 Å². The molecule has 2 saturated heterocycles. The van der Waals surface area contributed by atoms with Crippen LogP contribution in [0.5, 0.6) is 0 Å². The zero-order valence-electron chi connectivity index (χ0n) is 12.6. The van der Waals surface area contributed by atoms with Crippen LogP contribution in [0.3, 0.4) is 0 Å². The van der Waals surface area contributed by atoms with Gasteiger partial charge in [-0.15, -0.1) is 11.3 Å². The third-order valence-corrected chi connectivity index (χ3v) is 6.25. The number of hydrogen-bond acceptors (Lipinski definition) is 5. The summed E-state index contributed by atoms with van der Waals surface area (Å²) in [7, 11) is 0. The molecule has 2 atom stereocenters. The second-order valence-electron chi connectivity index (χ2n) is 6.11. The lowest BCUT2D eigenvalue weighted by Crippen LogP contribution is -2.36. The molecule has 0 radical (unpaired) electrons. The van der Waals surface area contributed by atoms with Crippen molar-refractivity contribution in [2.24, 2.45) is 0 Å². The van der Waals surface area contributed by atoms with E-state index >= 15 is 0 Å². The molecule has 116 valence electrons. The molecule has 22 heavy (non-hydrogen) atoms. The number of thiophene rings is 1. The van der Waals surface area contributed by atoms with E-state index in [2.05, 4.69) is 37.0 Å². The molecule has 0 aromatic carbocycles. The zero-order chi connectivity index (χ0) is 15.1. The fourth-order valence-corrected chi connectivity index (χ4v) is 4.95. The van der Waals surface area contributed by atoms with Gasteiger partial charge >= 0.3 is 0 Å². The van der Waals surface area contributed by atoms with Gasteiger partial charge in [0.05, 0.1) is 17.2 Å². The molecule has 0 saturated carbocycles. The Bertz CT molecular complexity index is 667. The molecule has 2 aliphatic rings. The van der Waals surface area contributed by atoms with E-state index in [1.165, 1.54) is 5.56 Å². The van der Waals surface area contributed by atoms with Crippen LogP contribution in [0.2, 0.25) is 0 Å². The highest BCUT2D eigenvalue weighted by molar-refractivity contribution is 7.09. The molecule has 2 aromatic heterocycles. The third-order valence-electron chi connectivity index (χ3n) is 4.69. The minimum atomic E-state index is 0.288. The fourth-order valence-electron chi connectivity index (χ4n) is 3.68. The molecule has 6 heteroatoms. The average Bonchev–Trinajstić information content (AvgIpc) is 3.23. The number of carbonyl (C=O) groups excluding carboxylic acids is 1. The predicted octanol–water partition coefficient (Wildman–Crippen LogP) is 2.89. The van der Waals surface area contributed by atoms with E-state index in [1.807, 2.05) is 6.92 Å². The number of aromatic nitrogens is 1. The van der Waals surface area contributed by atoms with E-state index in [-0.39, 0.29) is 5.91 Å². The summed E-state index contributed by atoms with van der Waals surface area (Å²) in [6, 6.07) is 2.94. The number of carbonyl (C=O) groups is 1. The smallest absolute Gasteiger partial charge is 0.224 e. The molecule has 2 aromatic rings. The first-order valence-corrected chi connectivity index (χ1v) is 9.48. The van der Waals surface area contributed by atoms with Gasteiger partial charge in [-0.25, -0.2) is 4.98 Å². The van der Waals surface area contributed by atoms with E-state index < -0.39 is 0 Å². The first-order chi connectivity index (χ1) is 10.7. The fraction of sp³-hybridized carbons (Fsp3) is 0.500. The Balaban J connectivity index is 1.47. The van der Waals surface area contributed by atoms with Crippen LogP contribution >= 0.6 is 22.7 Å². The highest BCUT2D eigenvalue weighted by Crippen LogP contribution is 2.34. The highest BCUT2D eigenvalue weighted by atomic mass is 32.1. The lowest BCUT2D eigenvalue weighted by atomic mass is 10.1. The summed E-state index contributed by atoms with van der Waals surface area (Å²) in [5, 5.41) is 7.48. The maximum absolute atomic E-state index is 12.4. The Morgan fingerprint density at radius 3 is 2.95 bits per heavy atom. The van der Waals surface area contributed by atoms with Crippen molar-refractivity contribution in [1.29, 1.82) is 0 Å². The standard InChI is InChI=1S/C16H19N3OS2/c1-11-17-13(10-22-11)8-19-14-2-4-18(15(14)6-16(19)20)7-12-3-5-21-9-12/h3,5,9-10,14-15H,2,4,6-8H2,1H3/t14-,15+/m1/s1. The Morgan fingerprint density at radius 1 is 1.32 bits per heavy atom. The Morgan fingerprint density at radius 2 is 2.23 bits per heavy atom. The van der Waals surface area contributed by atoms with Gasteiger partial charge in [0, 0.05) is 37.0 Å². The topological polar surface area (TPSA) is 36.4 Å². The van der Waals surface area contributed by atoms with Crippen molar-refractivity contribution in [2.45, 2.75) is 44.9 Å². The zero-order valence-corrected chi connectivity index (χ0v) is 14.2. The van der Waals surface area contributed by atoms with Gasteiger partial charge < -0.3 is 4.90 Å². The normalized spacial score (nSPS) is 25.1. The molecule has 1 amide bonds. The predicted molar refractivity (Wildman–Crippen MR) is 88.9 cm³/mol. The van der Waals surface area contributed by atoms with E-state index in [0.29, 0.717) is 25.0 Å². The van der Waals surface area contributed by atoms with E-state index in [4.69, 9.17) is 0 Å². The maximum Gasteiger partial charge on any atom is 0.224 e. The quantitative estimate of drug-likeness (QED) is 0.863. The lowest BCUT2D eigenvalue weighted by Gasteiger charge is -2.24.